The summed E-state index contributed by atoms with van der Waals surface area (Å²) in [5, 5.41) is 2.99. The Balaban J connectivity index is 1.74. The number of benzene rings is 2. The smallest absolute Gasteiger partial charge is 0.0404 e. The molecule has 0 N–H and O–H groups in total. The fourth-order valence-electron chi connectivity index (χ4n) is 3.70. The van der Waals surface area contributed by atoms with Gasteiger partial charge in [0, 0.05) is 5.38 Å². The standard InChI is InChI=1S/C20H25Cl/c21-20(17-10-4-2-1-3-5-11-17)15-18-13-8-12-16-9-6-7-14-19(16)18/h6-9,12-14,17,20H,1-5,10-11,15H2. The van der Waals surface area contributed by atoms with Gasteiger partial charge in [-0.2, -0.15) is 0 Å². The number of halogens is 1. The highest BCUT2D eigenvalue weighted by Gasteiger charge is 2.21. The van der Waals surface area contributed by atoms with Gasteiger partial charge in [0.2, 0.25) is 0 Å². The molecule has 0 aliphatic heterocycles. The molecular formula is C20H25Cl. The van der Waals surface area contributed by atoms with Gasteiger partial charge in [-0.3, -0.25) is 0 Å². The summed E-state index contributed by atoms with van der Waals surface area (Å²) in [5.74, 6) is 0.700. The molecule has 1 atom stereocenters. The van der Waals surface area contributed by atoms with Gasteiger partial charge in [-0.05, 0) is 41.5 Å². The van der Waals surface area contributed by atoms with Gasteiger partial charge in [0.25, 0.3) is 0 Å². The summed E-state index contributed by atoms with van der Waals surface area (Å²) in [6, 6.07) is 15.3. The van der Waals surface area contributed by atoms with E-state index in [0.717, 1.165) is 6.42 Å². The second kappa shape index (κ2) is 7.31. The Hall–Kier alpha value is -1.01. The normalized spacial score (nSPS) is 19.1. The van der Waals surface area contributed by atoms with Crippen molar-refractivity contribution in [1.29, 1.82) is 0 Å². The molecule has 2 aromatic rings. The maximum Gasteiger partial charge on any atom is 0.0404 e. The minimum absolute atomic E-state index is 0.286. The van der Waals surface area contributed by atoms with E-state index in [-0.39, 0.29) is 5.38 Å². The lowest BCUT2D eigenvalue weighted by Crippen LogP contribution is -2.19. The Morgan fingerprint density at radius 3 is 2.33 bits per heavy atom. The highest BCUT2D eigenvalue weighted by atomic mass is 35.5. The predicted octanol–water partition coefficient (Wildman–Crippen LogP) is 6.35. The van der Waals surface area contributed by atoms with Crippen molar-refractivity contribution in [2.24, 2.45) is 5.92 Å². The third-order valence-corrected chi connectivity index (χ3v) is 5.47. The summed E-state index contributed by atoms with van der Waals surface area (Å²) in [4.78, 5) is 0. The minimum Gasteiger partial charge on any atom is -0.122 e. The summed E-state index contributed by atoms with van der Waals surface area (Å²) in [6.07, 6.45) is 10.6. The molecule has 1 aliphatic rings. The molecule has 1 heteroatoms. The van der Waals surface area contributed by atoms with Gasteiger partial charge in [-0.25, -0.2) is 0 Å². The first kappa shape index (κ1) is 14.9. The van der Waals surface area contributed by atoms with Crippen molar-refractivity contribution in [1.82, 2.24) is 0 Å². The SMILES string of the molecule is ClC(Cc1cccc2ccccc12)C1CCCCCCC1. The second-order valence-corrected chi connectivity index (χ2v) is 7.02. The molecule has 0 spiro atoms. The monoisotopic (exact) mass is 300 g/mol. The van der Waals surface area contributed by atoms with Crippen molar-refractivity contribution in [3.63, 3.8) is 0 Å². The lowest BCUT2D eigenvalue weighted by atomic mass is 9.86. The molecule has 1 aliphatic carbocycles. The van der Waals surface area contributed by atoms with Gasteiger partial charge < -0.3 is 0 Å². The molecule has 0 amide bonds. The number of fused-ring (bicyclic) bond motifs is 1. The van der Waals surface area contributed by atoms with Crippen LogP contribution in [0.1, 0.15) is 50.5 Å². The van der Waals surface area contributed by atoms with E-state index < -0.39 is 0 Å². The van der Waals surface area contributed by atoms with Crippen molar-refractivity contribution < 1.29 is 0 Å². The molecule has 0 heterocycles. The van der Waals surface area contributed by atoms with E-state index in [1.807, 2.05) is 0 Å². The van der Waals surface area contributed by atoms with E-state index >= 15 is 0 Å². The Morgan fingerprint density at radius 2 is 1.52 bits per heavy atom. The fraction of sp³-hybridized carbons (Fsp3) is 0.500. The Labute approximate surface area is 133 Å². The maximum atomic E-state index is 6.82. The first-order valence-electron chi connectivity index (χ1n) is 8.45. The lowest BCUT2D eigenvalue weighted by molar-refractivity contribution is 0.364. The molecule has 0 aromatic heterocycles. The van der Waals surface area contributed by atoms with Gasteiger partial charge in [0.1, 0.15) is 0 Å². The van der Waals surface area contributed by atoms with Gasteiger partial charge in [0.15, 0.2) is 0 Å². The number of alkyl halides is 1. The summed E-state index contributed by atoms with van der Waals surface area (Å²) < 4.78 is 0. The molecule has 0 bridgehead atoms. The Morgan fingerprint density at radius 1 is 0.857 bits per heavy atom. The molecule has 0 saturated heterocycles. The molecule has 21 heavy (non-hydrogen) atoms. The van der Waals surface area contributed by atoms with Gasteiger partial charge >= 0.3 is 0 Å². The molecular weight excluding hydrogens is 276 g/mol. The Kier molecular flexibility index (Phi) is 5.19. The van der Waals surface area contributed by atoms with E-state index in [1.165, 1.54) is 61.3 Å². The van der Waals surface area contributed by atoms with E-state index in [0.29, 0.717) is 5.92 Å². The largest absolute Gasteiger partial charge is 0.122 e. The number of rotatable bonds is 3. The zero-order valence-corrected chi connectivity index (χ0v) is 13.5. The quantitative estimate of drug-likeness (QED) is 0.579. The first-order chi connectivity index (χ1) is 10.3. The van der Waals surface area contributed by atoms with Crippen molar-refractivity contribution in [3.05, 3.63) is 48.0 Å². The molecule has 3 rings (SSSR count). The van der Waals surface area contributed by atoms with Crippen LogP contribution < -0.4 is 0 Å². The summed E-state index contributed by atoms with van der Waals surface area (Å²) in [7, 11) is 0. The van der Waals surface area contributed by atoms with E-state index in [9.17, 15) is 0 Å². The molecule has 0 nitrogen and oxygen atoms in total. The zero-order valence-electron chi connectivity index (χ0n) is 12.7. The lowest BCUT2D eigenvalue weighted by Gasteiger charge is -2.24. The van der Waals surface area contributed by atoms with Crippen LogP contribution in [0, 0.1) is 5.92 Å². The molecule has 112 valence electrons. The molecule has 2 aromatic carbocycles. The van der Waals surface area contributed by atoms with E-state index in [2.05, 4.69) is 42.5 Å². The average Bonchev–Trinajstić information content (AvgIpc) is 2.47. The van der Waals surface area contributed by atoms with E-state index in [1.54, 1.807) is 0 Å². The highest BCUT2D eigenvalue weighted by Crippen LogP contribution is 2.31. The van der Waals surface area contributed by atoms with Gasteiger partial charge in [-0.15, -0.1) is 11.6 Å². The summed E-state index contributed by atoms with van der Waals surface area (Å²) in [5.41, 5.74) is 1.41. The van der Waals surface area contributed by atoms with Crippen molar-refractivity contribution in [3.8, 4) is 0 Å². The molecule has 0 radical (unpaired) electrons. The van der Waals surface area contributed by atoms with Crippen LogP contribution in [0.3, 0.4) is 0 Å². The van der Waals surface area contributed by atoms with Gasteiger partial charge in [-0.1, -0.05) is 74.6 Å². The molecule has 1 unspecified atom stereocenters. The van der Waals surface area contributed by atoms with Crippen LogP contribution in [-0.2, 0) is 6.42 Å². The second-order valence-electron chi connectivity index (χ2n) is 6.46. The maximum absolute atomic E-state index is 6.82. The van der Waals surface area contributed by atoms with Crippen molar-refractivity contribution in [2.45, 2.75) is 56.7 Å². The van der Waals surface area contributed by atoms with Gasteiger partial charge in [0.05, 0.1) is 0 Å². The third-order valence-electron chi connectivity index (χ3n) is 4.96. The Bertz CT molecular complexity index is 562. The van der Waals surface area contributed by atoms with Crippen LogP contribution in [0.25, 0.3) is 10.8 Å². The third kappa shape index (κ3) is 3.80. The number of hydrogen-bond donors (Lipinski definition) is 0. The van der Waals surface area contributed by atoms with Crippen LogP contribution in [-0.4, -0.2) is 5.38 Å². The zero-order chi connectivity index (χ0) is 14.5. The predicted molar refractivity (Wildman–Crippen MR) is 93.1 cm³/mol. The van der Waals surface area contributed by atoms with Crippen LogP contribution in [0.5, 0.6) is 0 Å². The van der Waals surface area contributed by atoms with Crippen LogP contribution in [0.2, 0.25) is 0 Å². The van der Waals surface area contributed by atoms with Crippen LogP contribution in [0.15, 0.2) is 42.5 Å². The summed E-state index contributed by atoms with van der Waals surface area (Å²) in [6.45, 7) is 0. The van der Waals surface area contributed by atoms with Crippen molar-refractivity contribution in [2.75, 3.05) is 0 Å². The number of hydrogen-bond acceptors (Lipinski definition) is 0. The van der Waals surface area contributed by atoms with E-state index in [4.69, 9.17) is 11.6 Å². The minimum atomic E-state index is 0.286. The highest BCUT2D eigenvalue weighted by molar-refractivity contribution is 6.21. The summed E-state index contributed by atoms with van der Waals surface area (Å²) >= 11 is 6.82. The first-order valence-corrected chi connectivity index (χ1v) is 8.89. The average molecular weight is 301 g/mol. The van der Waals surface area contributed by atoms with Crippen molar-refractivity contribution >= 4 is 22.4 Å². The topological polar surface area (TPSA) is 0 Å². The van der Waals surface area contributed by atoms with Crippen LogP contribution in [0.4, 0.5) is 0 Å². The molecule has 1 fully saturated rings. The fourth-order valence-corrected chi connectivity index (χ4v) is 4.11. The molecule has 1 saturated carbocycles. The van der Waals surface area contributed by atoms with Crippen LogP contribution >= 0.6 is 11.6 Å².